The van der Waals surface area contributed by atoms with Gasteiger partial charge >= 0.3 is 0 Å². The smallest absolute Gasteiger partial charge is 0.0229 e. The lowest BCUT2D eigenvalue weighted by molar-refractivity contribution is 0.238. The first kappa shape index (κ1) is 12.0. The molecule has 1 saturated heterocycles. The van der Waals surface area contributed by atoms with Gasteiger partial charge < -0.3 is 9.80 Å². The summed E-state index contributed by atoms with van der Waals surface area (Å²) in [6.07, 6.45) is 2.66. The fourth-order valence-corrected chi connectivity index (χ4v) is 1.93. The molecule has 0 amide bonds. The van der Waals surface area contributed by atoms with Gasteiger partial charge in [0.15, 0.2) is 0 Å². The summed E-state index contributed by atoms with van der Waals surface area (Å²) in [7, 11) is 4.38. The van der Waals surface area contributed by atoms with Crippen molar-refractivity contribution >= 4 is 0 Å². The van der Waals surface area contributed by atoms with Crippen LogP contribution in [-0.4, -0.2) is 49.6 Å². The van der Waals surface area contributed by atoms with Crippen molar-refractivity contribution in [3.8, 4) is 0 Å². The van der Waals surface area contributed by atoms with Crippen molar-refractivity contribution in [3.05, 3.63) is 0 Å². The number of hydrogen-bond donors (Lipinski definition) is 0. The Hall–Kier alpha value is -0.0800. The Bertz CT molecular complexity index is 170. The van der Waals surface area contributed by atoms with E-state index in [1.807, 2.05) is 0 Å². The number of likely N-dealkylation sites (N-methyl/N-ethyl adjacent to an activating group) is 1. The van der Waals surface area contributed by atoms with Crippen molar-refractivity contribution in [2.75, 3.05) is 33.7 Å². The third-order valence-corrected chi connectivity index (χ3v) is 3.16. The lowest BCUT2D eigenvalue weighted by atomic mass is 9.92. The minimum Gasteiger partial charge on any atom is -0.305 e. The van der Waals surface area contributed by atoms with Crippen LogP contribution in [0.25, 0.3) is 0 Å². The largest absolute Gasteiger partial charge is 0.305 e. The van der Waals surface area contributed by atoms with E-state index in [9.17, 15) is 0 Å². The zero-order valence-corrected chi connectivity index (χ0v) is 10.5. The second kappa shape index (κ2) is 4.63. The molecule has 0 aromatic heterocycles. The Morgan fingerprint density at radius 1 is 1.29 bits per heavy atom. The summed E-state index contributed by atoms with van der Waals surface area (Å²) in [4.78, 5) is 4.97. The molecule has 1 atom stereocenters. The highest BCUT2D eigenvalue weighted by Crippen LogP contribution is 2.21. The summed E-state index contributed by atoms with van der Waals surface area (Å²) in [6, 6.07) is 0.787. The molecule has 0 aromatic rings. The lowest BCUT2D eigenvalue weighted by Crippen LogP contribution is -2.32. The minimum atomic E-state index is 0.482. The van der Waals surface area contributed by atoms with E-state index in [2.05, 4.69) is 44.7 Å². The summed E-state index contributed by atoms with van der Waals surface area (Å²) in [5.74, 6) is 0. The lowest BCUT2D eigenvalue weighted by Gasteiger charge is -2.24. The van der Waals surface area contributed by atoms with Gasteiger partial charge in [0.05, 0.1) is 0 Å². The van der Waals surface area contributed by atoms with E-state index < -0.39 is 0 Å². The van der Waals surface area contributed by atoms with Crippen LogP contribution < -0.4 is 0 Å². The first-order valence-electron chi connectivity index (χ1n) is 5.77. The molecule has 0 saturated carbocycles. The Balaban J connectivity index is 2.23. The fraction of sp³-hybridized carbons (Fsp3) is 1.00. The Morgan fingerprint density at radius 3 is 2.36 bits per heavy atom. The van der Waals surface area contributed by atoms with Crippen LogP contribution in [0.15, 0.2) is 0 Å². The van der Waals surface area contributed by atoms with Gasteiger partial charge in [-0.25, -0.2) is 0 Å². The molecule has 1 aliphatic rings. The van der Waals surface area contributed by atoms with E-state index in [1.54, 1.807) is 0 Å². The summed E-state index contributed by atoms with van der Waals surface area (Å²) in [5.41, 5.74) is 0.482. The first-order chi connectivity index (χ1) is 6.38. The molecule has 0 aromatic carbocycles. The van der Waals surface area contributed by atoms with Crippen LogP contribution in [0, 0.1) is 5.41 Å². The molecule has 1 heterocycles. The molecule has 0 N–H and O–H groups in total. The van der Waals surface area contributed by atoms with Gasteiger partial charge in [-0.3, -0.25) is 0 Å². The second-order valence-electron chi connectivity index (χ2n) is 6.02. The van der Waals surface area contributed by atoms with Gasteiger partial charge in [-0.1, -0.05) is 20.8 Å². The fourth-order valence-electron chi connectivity index (χ4n) is 1.93. The van der Waals surface area contributed by atoms with Crippen molar-refractivity contribution in [2.24, 2.45) is 5.41 Å². The van der Waals surface area contributed by atoms with Crippen molar-refractivity contribution < 1.29 is 0 Å². The van der Waals surface area contributed by atoms with Gasteiger partial charge in [-0.05, 0) is 45.4 Å². The molecule has 14 heavy (non-hydrogen) atoms. The molecule has 0 radical (unpaired) electrons. The highest BCUT2D eigenvalue weighted by atomic mass is 15.2. The van der Waals surface area contributed by atoms with Crippen LogP contribution in [0.3, 0.4) is 0 Å². The summed E-state index contributed by atoms with van der Waals surface area (Å²) >= 11 is 0. The van der Waals surface area contributed by atoms with Crippen molar-refractivity contribution in [3.63, 3.8) is 0 Å². The van der Waals surface area contributed by atoms with Gasteiger partial charge in [0.25, 0.3) is 0 Å². The highest BCUT2D eigenvalue weighted by Gasteiger charge is 2.24. The standard InChI is InChI=1S/C12H26N2/c1-12(2,3)7-9-14-8-6-11(10-14)13(4)5/h11H,6-10H2,1-5H3. The molecule has 0 aliphatic carbocycles. The van der Waals surface area contributed by atoms with E-state index in [-0.39, 0.29) is 0 Å². The molecule has 0 bridgehead atoms. The van der Waals surface area contributed by atoms with Gasteiger partial charge in [0, 0.05) is 12.6 Å². The minimum absolute atomic E-state index is 0.482. The van der Waals surface area contributed by atoms with Crippen molar-refractivity contribution in [2.45, 2.75) is 39.7 Å². The van der Waals surface area contributed by atoms with Crippen LogP contribution in [0.4, 0.5) is 0 Å². The predicted octanol–water partition coefficient (Wildman–Crippen LogP) is 2.06. The normalized spacial score (nSPS) is 24.9. The monoisotopic (exact) mass is 198 g/mol. The average Bonchev–Trinajstić information content (AvgIpc) is 2.47. The van der Waals surface area contributed by atoms with E-state index in [0.29, 0.717) is 5.41 Å². The van der Waals surface area contributed by atoms with Gasteiger partial charge in [0.2, 0.25) is 0 Å². The average molecular weight is 198 g/mol. The second-order valence-corrected chi connectivity index (χ2v) is 6.02. The van der Waals surface area contributed by atoms with E-state index in [1.165, 1.54) is 32.5 Å². The predicted molar refractivity (Wildman–Crippen MR) is 62.6 cm³/mol. The third kappa shape index (κ3) is 3.97. The maximum atomic E-state index is 2.61. The Morgan fingerprint density at radius 2 is 1.93 bits per heavy atom. The van der Waals surface area contributed by atoms with Gasteiger partial charge in [0.1, 0.15) is 0 Å². The number of rotatable bonds is 3. The molecule has 1 fully saturated rings. The summed E-state index contributed by atoms with van der Waals surface area (Å²) in [6.45, 7) is 10.8. The molecular formula is C12H26N2. The first-order valence-corrected chi connectivity index (χ1v) is 5.77. The molecule has 1 unspecified atom stereocenters. The Kier molecular flexibility index (Phi) is 3.96. The maximum absolute atomic E-state index is 2.61. The summed E-state index contributed by atoms with van der Waals surface area (Å²) < 4.78 is 0. The third-order valence-electron chi connectivity index (χ3n) is 3.16. The van der Waals surface area contributed by atoms with Gasteiger partial charge in [-0.2, -0.15) is 0 Å². The zero-order chi connectivity index (χ0) is 10.8. The molecular weight excluding hydrogens is 172 g/mol. The molecule has 2 heteroatoms. The Labute approximate surface area is 89.3 Å². The molecule has 84 valence electrons. The molecule has 1 rings (SSSR count). The molecule has 2 nitrogen and oxygen atoms in total. The van der Waals surface area contributed by atoms with Crippen LogP contribution in [0.2, 0.25) is 0 Å². The molecule has 0 spiro atoms. The van der Waals surface area contributed by atoms with Crippen LogP contribution >= 0.6 is 0 Å². The quantitative estimate of drug-likeness (QED) is 0.685. The van der Waals surface area contributed by atoms with Crippen molar-refractivity contribution in [1.82, 2.24) is 9.80 Å². The SMILES string of the molecule is CN(C)C1CCN(CCC(C)(C)C)C1. The number of nitrogens with zero attached hydrogens (tertiary/aromatic N) is 2. The maximum Gasteiger partial charge on any atom is 0.0229 e. The number of likely N-dealkylation sites (tertiary alicyclic amines) is 1. The van der Waals surface area contributed by atoms with E-state index >= 15 is 0 Å². The van der Waals surface area contributed by atoms with E-state index in [4.69, 9.17) is 0 Å². The van der Waals surface area contributed by atoms with Crippen LogP contribution in [-0.2, 0) is 0 Å². The van der Waals surface area contributed by atoms with E-state index in [0.717, 1.165) is 6.04 Å². The van der Waals surface area contributed by atoms with Crippen LogP contribution in [0.1, 0.15) is 33.6 Å². The zero-order valence-electron chi connectivity index (χ0n) is 10.5. The van der Waals surface area contributed by atoms with Gasteiger partial charge in [-0.15, -0.1) is 0 Å². The topological polar surface area (TPSA) is 6.48 Å². The summed E-state index contributed by atoms with van der Waals surface area (Å²) in [5, 5.41) is 0. The van der Waals surface area contributed by atoms with Crippen molar-refractivity contribution in [1.29, 1.82) is 0 Å². The number of hydrogen-bond acceptors (Lipinski definition) is 2. The highest BCUT2D eigenvalue weighted by molar-refractivity contribution is 4.81. The van der Waals surface area contributed by atoms with Crippen LogP contribution in [0.5, 0.6) is 0 Å². The molecule has 1 aliphatic heterocycles.